The molecule has 1 aliphatic carbocycles. The molecule has 0 saturated carbocycles. The zero-order chi connectivity index (χ0) is 36.4. The molecule has 0 bridgehead atoms. The molecule has 4 heterocycles. The molecule has 10 heteroatoms. The predicted molar refractivity (Wildman–Crippen MR) is 202 cm³/mol. The number of alkyl halides is 3. The van der Waals surface area contributed by atoms with Crippen LogP contribution in [0, 0.1) is 5.92 Å². The van der Waals surface area contributed by atoms with Crippen molar-refractivity contribution in [2.24, 2.45) is 5.92 Å². The molecule has 3 aromatic carbocycles. The number of piperazine rings is 1. The lowest BCUT2D eigenvalue weighted by molar-refractivity contribution is -0.141. The topological polar surface area (TPSA) is 59.3 Å². The highest BCUT2D eigenvalue weighted by atomic mass is 19.4. The van der Waals surface area contributed by atoms with E-state index in [9.17, 15) is 0 Å². The monoisotopic (exact) mass is 712 g/mol. The number of ether oxygens (including phenoxy) is 1. The van der Waals surface area contributed by atoms with Crippen molar-refractivity contribution >= 4 is 16.6 Å². The van der Waals surface area contributed by atoms with Gasteiger partial charge in [0.05, 0.1) is 12.6 Å². The third-order valence-electron chi connectivity index (χ3n) is 10.5. The standard InChI is InChI=1S/C43H39F3N6O/c1-53-41-32(12-11-22-48-41)29-50-24-26-51(27-25-50)39-21-23-47-38-20-19-31(28-36(38)39)37-30-52(49-40(37)43(44,45)46)42(33-13-5-2-6-14-33,34-15-7-3-8-16-34)35-17-9-4-10-18-35/h2-17,19-23,28,30,35H,18,24-27,29H2,1H3. The Morgan fingerprint density at radius 2 is 1.53 bits per heavy atom. The molecule has 1 aliphatic heterocycles. The molecule has 8 rings (SSSR count). The van der Waals surface area contributed by atoms with Crippen molar-refractivity contribution in [1.29, 1.82) is 0 Å². The van der Waals surface area contributed by atoms with Gasteiger partial charge in [-0.15, -0.1) is 0 Å². The van der Waals surface area contributed by atoms with Gasteiger partial charge in [0.15, 0.2) is 5.69 Å². The maximum atomic E-state index is 15.2. The number of hydrogen-bond acceptors (Lipinski definition) is 6. The van der Waals surface area contributed by atoms with Gasteiger partial charge in [0, 0.05) is 79.4 Å². The summed E-state index contributed by atoms with van der Waals surface area (Å²) in [7, 11) is 1.63. The van der Waals surface area contributed by atoms with Gasteiger partial charge in [0.2, 0.25) is 5.88 Å². The Bertz CT molecular complexity index is 2220. The largest absolute Gasteiger partial charge is 0.481 e. The average molecular weight is 713 g/mol. The van der Waals surface area contributed by atoms with E-state index < -0.39 is 17.4 Å². The van der Waals surface area contributed by atoms with Gasteiger partial charge in [0.25, 0.3) is 0 Å². The van der Waals surface area contributed by atoms with Crippen LogP contribution in [-0.4, -0.2) is 57.9 Å². The molecule has 6 aromatic rings. The van der Waals surface area contributed by atoms with Crippen molar-refractivity contribution in [3.8, 4) is 17.0 Å². The first-order chi connectivity index (χ1) is 25.9. The Morgan fingerprint density at radius 1 is 0.792 bits per heavy atom. The molecule has 0 N–H and O–H groups in total. The number of rotatable bonds is 9. The molecule has 3 aromatic heterocycles. The molecule has 0 radical (unpaired) electrons. The van der Waals surface area contributed by atoms with E-state index in [4.69, 9.17) is 4.74 Å². The van der Waals surface area contributed by atoms with Gasteiger partial charge < -0.3 is 9.64 Å². The highest BCUT2D eigenvalue weighted by Crippen LogP contribution is 2.47. The van der Waals surface area contributed by atoms with Crippen molar-refractivity contribution in [2.45, 2.75) is 24.7 Å². The van der Waals surface area contributed by atoms with E-state index in [2.05, 4.69) is 37.0 Å². The summed E-state index contributed by atoms with van der Waals surface area (Å²) in [5.74, 6) is 0.414. The number of nitrogens with zero attached hydrogens (tertiary/aromatic N) is 6. The number of fused-ring (bicyclic) bond motifs is 1. The number of aromatic nitrogens is 4. The summed E-state index contributed by atoms with van der Waals surface area (Å²) >= 11 is 0. The van der Waals surface area contributed by atoms with E-state index in [1.54, 1.807) is 36.4 Å². The minimum absolute atomic E-state index is 0.0241. The number of benzene rings is 3. The Hall–Kier alpha value is -5.74. The van der Waals surface area contributed by atoms with Gasteiger partial charge in [-0.3, -0.25) is 14.6 Å². The van der Waals surface area contributed by atoms with E-state index in [1.807, 2.05) is 103 Å². The summed E-state index contributed by atoms with van der Waals surface area (Å²) in [4.78, 5) is 13.6. The van der Waals surface area contributed by atoms with Crippen molar-refractivity contribution < 1.29 is 17.9 Å². The summed E-state index contributed by atoms with van der Waals surface area (Å²) in [6, 6.07) is 30.8. The van der Waals surface area contributed by atoms with Crippen LogP contribution in [0.15, 0.2) is 140 Å². The number of pyridine rings is 2. The van der Waals surface area contributed by atoms with Gasteiger partial charge >= 0.3 is 6.18 Å². The van der Waals surface area contributed by atoms with Crippen LogP contribution >= 0.6 is 0 Å². The number of methoxy groups -OCH3 is 1. The SMILES string of the molecule is COc1ncccc1CN1CCN(c2ccnc3ccc(-c4cn(C(c5ccccc5)(c5ccccc5)C5C=CC=CC5)nc4C(F)(F)F)cc23)CC1. The Balaban J connectivity index is 1.21. The van der Waals surface area contributed by atoms with Gasteiger partial charge in [-0.1, -0.05) is 97.1 Å². The Morgan fingerprint density at radius 3 is 2.19 bits per heavy atom. The zero-order valence-electron chi connectivity index (χ0n) is 29.3. The van der Waals surface area contributed by atoms with Crippen LogP contribution < -0.4 is 9.64 Å². The molecule has 268 valence electrons. The summed E-state index contributed by atoms with van der Waals surface area (Å²) < 4.78 is 52.5. The van der Waals surface area contributed by atoms with E-state index >= 15 is 13.2 Å². The van der Waals surface area contributed by atoms with E-state index in [0.717, 1.165) is 66.0 Å². The smallest absolute Gasteiger partial charge is 0.435 e. The molecular weight excluding hydrogens is 674 g/mol. The predicted octanol–water partition coefficient (Wildman–Crippen LogP) is 8.77. The van der Waals surface area contributed by atoms with Crippen molar-refractivity contribution in [1.82, 2.24) is 24.6 Å². The molecule has 53 heavy (non-hydrogen) atoms. The van der Waals surface area contributed by atoms with Gasteiger partial charge in [-0.25, -0.2) is 4.98 Å². The highest BCUT2D eigenvalue weighted by Gasteiger charge is 2.46. The molecule has 1 atom stereocenters. The first-order valence-electron chi connectivity index (χ1n) is 17.8. The summed E-state index contributed by atoms with van der Waals surface area (Å²) in [5.41, 5.74) is 2.87. The fourth-order valence-electron chi connectivity index (χ4n) is 7.97. The van der Waals surface area contributed by atoms with E-state index in [0.29, 0.717) is 17.9 Å². The summed E-state index contributed by atoms with van der Waals surface area (Å²) in [6.07, 6.45) is 9.10. The molecule has 0 amide bonds. The van der Waals surface area contributed by atoms with Gasteiger partial charge in [0.1, 0.15) is 5.54 Å². The molecular formula is C43H39F3N6O. The molecule has 1 unspecified atom stereocenters. The zero-order valence-corrected chi connectivity index (χ0v) is 29.3. The van der Waals surface area contributed by atoms with Crippen LogP contribution in [0.3, 0.4) is 0 Å². The van der Waals surface area contributed by atoms with Gasteiger partial charge in [-0.05, 0) is 47.4 Å². The lowest BCUT2D eigenvalue weighted by atomic mass is 9.70. The number of anilines is 1. The lowest BCUT2D eigenvalue weighted by Crippen LogP contribution is -2.46. The fraction of sp³-hybridized carbons (Fsp3) is 0.233. The van der Waals surface area contributed by atoms with Crippen LogP contribution in [0.25, 0.3) is 22.0 Å². The highest BCUT2D eigenvalue weighted by molar-refractivity contribution is 5.95. The fourth-order valence-corrected chi connectivity index (χ4v) is 7.97. The van der Waals surface area contributed by atoms with E-state index in [1.165, 1.54) is 0 Å². The second-order valence-electron chi connectivity index (χ2n) is 13.5. The van der Waals surface area contributed by atoms with Crippen molar-refractivity contribution in [3.63, 3.8) is 0 Å². The minimum atomic E-state index is -4.71. The van der Waals surface area contributed by atoms with Crippen LogP contribution in [-0.2, 0) is 18.3 Å². The minimum Gasteiger partial charge on any atom is -0.481 e. The molecule has 7 nitrogen and oxygen atoms in total. The average Bonchev–Trinajstić information content (AvgIpc) is 3.66. The molecule has 0 spiro atoms. The van der Waals surface area contributed by atoms with Crippen LogP contribution in [0.2, 0.25) is 0 Å². The number of halogens is 3. The normalized spacial score (nSPS) is 16.7. The molecule has 1 saturated heterocycles. The molecule has 2 aliphatic rings. The van der Waals surface area contributed by atoms with Gasteiger partial charge in [-0.2, -0.15) is 18.3 Å². The maximum absolute atomic E-state index is 15.2. The number of allylic oxidation sites excluding steroid dienone is 4. The van der Waals surface area contributed by atoms with Crippen LogP contribution in [0.1, 0.15) is 28.8 Å². The lowest BCUT2D eigenvalue weighted by Gasteiger charge is -2.41. The maximum Gasteiger partial charge on any atom is 0.435 e. The first-order valence-corrected chi connectivity index (χ1v) is 17.8. The van der Waals surface area contributed by atoms with Crippen molar-refractivity contribution in [2.75, 3.05) is 38.2 Å². The van der Waals surface area contributed by atoms with Crippen LogP contribution in [0.4, 0.5) is 18.9 Å². The van der Waals surface area contributed by atoms with Crippen LogP contribution in [0.5, 0.6) is 5.88 Å². The number of hydrogen-bond donors (Lipinski definition) is 0. The third-order valence-corrected chi connectivity index (χ3v) is 10.5. The molecule has 1 fully saturated rings. The Kier molecular flexibility index (Phi) is 9.30. The first kappa shape index (κ1) is 34.4. The van der Waals surface area contributed by atoms with E-state index in [-0.39, 0.29) is 11.5 Å². The summed E-state index contributed by atoms with van der Waals surface area (Å²) in [6.45, 7) is 3.82. The summed E-state index contributed by atoms with van der Waals surface area (Å²) in [5, 5.41) is 5.29. The Labute approximate surface area is 306 Å². The second-order valence-corrected chi connectivity index (χ2v) is 13.5. The second kappa shape index (κ2) is 14.4. The third kappa shape index (κ3) is 6.48. The van der Waals surface area contributed by atoms with Crippen molar-refractivity contribution in [3.05, 3.63) is 162 Å². The quantitative estimate of drug-likeness (QED) is 0.150.